The summed E-state index contributed by atoms with van der Waals surface area (Å²) >= 11 is 1.21. The first-order chi connectivity index (χ1) is 21.6. The van der Waals surface area contributed by atoms with Crippen LogP contribution in [0.1, 0.15) is 57.2 Å². The van der Waals surface area contributed by atoms with Gasteiger partial charge < -0.3 is 36.9 Å². The van der Waals surface area contributed by atoms with E-state index in [1.54, 1.807) is 36.3 Å². The molecule has 3 unspecified atom stereocenters. The van der Waals surface area contributed by atoms with Crippen molar-refractivity contribution in [2.75, 3.05) is 32.5 Å². The SMILES string of the molecule is COCCC(=O)N1CCCC(NC(=O)c2sc3c(N)ccc4c3c2C(N)C(=O)C4(N)c2ccc(Oc3ccccc3)cc2C)C1. The summed E-state index contributed by atoms with van der Waals surface area (Å²) in [5.41, 5.74) is 21.5. The van der Waals surface area contributed by atoms with Gasteiger partial charge in [-0.1, -0.05) is 30.3 Å². The summed E-state index contributed by atoms with van der Waals surface area (Å²) in [7, 11) is 1.56. The number of aryl methyl sites for hydroxylation is 1. The third-order valence-corrected chi connectivity index (χ3v) is 10.0. The molecule has 1 aliphatic carbocycles. The molecule has 1 saturated heterocycles. The molecule has 10 nitrogen and oxygen atoms in total. The number of nitrogens with one attached hydrogen (secondary N) is 1. The van der Waals surface area contributed by atoms with Gasteiger partial charge in [-0.15, -0.1) is 11.3 Å². The number of nitrogen functional groups attached to an aromatic ring is 1. The largest absolute Gasteiger partial charge is 0.457 e. The fourth-order valence-corrected chi connectivity index (χ4v) is 7.72. The molecule has 11 heteroatoms. The average molecular weight is 628 g/mol. The highest BCUT2D eigenvalue weighted by Crippen LogP contribution is 2.50. The Hall–Kier alpha value is -4.29. The number of nitrogens with two attached hydrogens (primary N) is 3. The summed E-state index contributed by atoms with van der Waals surface area (Å²) in [4.78, 5) is 42.7. The molecule has 1 fully saturated rings. The molecule has 0 radical (unpaired) electrons. The number of nitrogens with zero attached hydrogens (tertiary/aromatic N) is 1. The van der Waals surface area contributed by atoms with E-state index in [1.807, 2.05) is 43.3 Å². The summed E-state index contributed by atoms with van der Waals surface area (Å²) in [5, 5.41) is 3.73. The van der Waals surface area contributed by atoms with Crippen LogP contribution in [-0.2, 0) is 19.9 Å². The van der Waals surface area contributed by atoms with E-state index in [9.17, 15) is 14.4 Å². The fourth-order valence-electron chi connectivity index (χ4n) is 6.51. The average Bonchev–Trinajstić information content (AvgIpc) is 3.45. The molecule has 2 aliphatic rings. The number of amides is 2. The van der Waals surface area contributed by atoms with E-state index in [2.05, 4.69) is 5.32 Å². The lowest BCUT2D eigenvalue weighted by atomic mass is 9.69. The Morgan fingerprint density at radius 1 is 1.09 bits per heavy atom. The highest BCUT2D eigenvalue weighted by Gasteiger charge is 2.49. The molecule has 2 amide bonds. The number of hydrogen-bond donors (Lipinski definition) is 4. The maximum absolute atomic E-state index is 14.2. The Morgan fingerprint density at radius 3 is 2.58 bits per heavy atom. The molecule has 234 valence electrons. The molecule has 0 spiro atoms. The normalized spacial score (nSPS) is 21.2. The molecule has 4 aromatic rings. The van der Waals surface area contributed by atoms with Crippen molar-refractivity contribution in [1.82, 2.24) is 10.2 Å². The van der Waals surface area contributed by atoms with Crippen LogP contribution in [0.25, 0.3) is 10.1 Å². The summed E-state index contributed by atoms with van der Waals surface area (Å²) < 4.78 is 11.7. The Kier molecular flexibility index (Phi) is 8.36. The van der Waals surface area contributed by atoms with E-state index in [-0.39, 0.29) is 17.9 Å². The van der Waals surface area contributed by atoms with Crippen molar-refractivity contribution in [1.29, 1.82) is 0 Å². The van der Waals surface area contributed by atoms with Crippen LogP contribution < -0.4 is 27.3 Å². The van der Waals surface area contributed by atoms with Crippen molar-refractivity contribution in [3.05, 3.63) is 87.8 Å². The van der Waals surface area contributed by atoms with Gasteiger partial charge in [0, 0.05) is 42.9 Å². The van der Waals surface area contributed by atoms with Crippen molar-refractivity contribution in [2.45, 2.75) is 43.8 Å². The van der Waals surface area contributed by atoms with Gasteiger partial charge in [0.2, 0.25) is 5.91 Å². The summed E-state index contributed by atoms with van der Waals surface area (Å²) in [6.45, 7) is 3.27. The molecule has 6 rings (SSSR count). The van der Waals surface area contributed by atoms with Gasteiger partial charge in [0.15, 0.2) is 5.78 Å². The molecule has 2 heterocycles. The maximum Gasteiger partial charge on any atom is 0.262 e. The van der Waals surface area contributed by atoms with Crippen LogP contribution >= 0.6 is 11.3 Å². The number of benzene rings is 3. The number of methoxy groups -OCH3 is 1. The Labute approximate surface area is 265 Å². The highest BCUT2D eigenvalue weighted by molar-refractivity contribution is 7.21. The number of ketones is 1. The van der Waals surface area contributed by atoms with E-state index in [1.165, 1.54) is 11.3 Å². The number of hydrogen-bond acceptors (Lipinski definition) is 9. The quantitative estimate of drug-likeness (QED) is 0.212. The minimum Gasteiger partial charge on any atom is -0.457 e. The van der Waals surface area contributed by atoms with E-state index < -0.39 is 17.4 Å². The number of Topliss-reactive ketones (excluding diaryl/α,β-unsaturated/α-hetero) is 1. The van der Waals surface area contributed by atoms with Gasteiger partial charge in [-0.3, -0.25) is 14.4 Å². The van der Waals surface area contributed by atoms with E-state index in [4.69, 9.17) is 26.7 Å². The van der Waals surface area contributed by atoms with Crippen LogP contribution in [0, 0.1) is 6.92 Å². The van der Waals surface area contributed by atoms with Crippen LogP contribution in [0.15, 0.2) is 60.7 Å². The number of rotatable bonds is 8. The van der Waals surface area contributed by atoms with E-state index in [0.717, 1.165) is 18.4 Å². The van der Waals surface area contributed by atoms with Gasteiger partial charge in [-0.2, -0.15) is 0 Å². The number of carbonyl (C=O) groups is 3. The summed E-state index contributed by atoms with van der Waals surface area (Å²) in [6.07, 6.45) is 1.79. The molecule has 3 atom stereocenters. The zero-order chi connectivity index (χ0) is 31.9. The van der Waals surface area contributed by atoms with Gasteiger partial charge in [0.1, 0.15) is 17.0 Å². The Bertz CT molecular complexity index is 1790. The van der Waals surface area contributed by atoms with Crippen molar-refractivity contribution < 1.29 is 23.9 Å². The fraction of sp³-hybridized carbons (Fsp3) is 0.324. The number of anilines is 1. The first-order valence-corrected chi connectivity index (χ1v) is 15.8. The van der Waals surface area contributed by atoms with Crippen LogP contribution in [0.2, 0.25) is 0 Å². The lowest BCUT2D eigenvalue weighted by Crippen LogP contribution is -2.53. The van der Waals surface area contributed by atoms with Crippen LogP contribution in [0.3, 0.4) is 0 Å². The number of ether oxygens (including phenoxy) is 2. The van der Waals surface area contributed by atoms with Gasteiger partial charge in [-0.05, 0) is 66.8 Å². The molecule has 3 aromatic carbocycles. The van der Waals surface area contributed by atoms with Crippen molar-refractivity contribution >= 4 is 44.7 Å². The highest BCUT2D eigenvalue weighted by atomic mass is 32.1. The van der Waals surface area contributed by atoms with Gasteiger partial charge in [0.25, 0.3) is 5.91 Å². The minimum absolute atomic E-state index is 0.00738. The Balaban J connectivity index is 1.34. The second-order valence-corrected chi connectivity index (χ2v) is 12.7. The van der Waals surface area contributed by atoms with Gasteiger partial charge >= 0.3 is 0 Å². The lowest BCUT2D eigenvalue weighted by Gasteiger charge is -2.37. The van der Waals surface area contributed by atoms with Crippen LogP contribution in [0.5, 0.6) is 11.5 Å². The smallest absolute Gasteiger partial charge is 0.262 e. The van der Waals surface area contributed by atoms with Crippen molar-refractivity contribution in [3.8, 4) is 11.5 Å². The first kappa shape index (κ1) is 30.7. The second-order valence-electron chi connectivity index (χ2n) is 11.7. The number of carbonyl (C=O) groups excluding carboxylic acids is 3. The van der Waals surface area contributed by atoms with E-state index >= 15 is 0 Å². The monoisotopic (exact) mass is 627 g/mol. The summed E-state index contributed by atoms with van der Waals surface area (Å²) in [5.74, 6) is 0.528. The molecule has 45 heavy (non-hydrogen) atoms. The molecular formula is C34H37N5O5S. The third-order valence-electron chi connectivity index (χ3n) is 8.75. The minimum atomic E-state index is -1.57. The topological polar surface area (TPSA) is 163 Å². The van der Waals surface area contributed by atoms with Crippen molar-refractivity contribution in [3.63, 3.8) is 0 Å². The predicted molar refractivity (Wildman–Crippen MR) is 174 cm³/mol. The first-order valence-electron chi connectivity index (χ1n) is 15.0. The Morgan fingerprint density at radius 2 is 1.84 bits per heavy atom. The zero-order valence-electron chi connectivity index (χ0n) is 25.3. The summed E-state index contributed by atoms with van der Waals surface area (Å²) in [6, 6.07) is 16.9. The molecule has 1 aliphatic heterocycles. The lowest BCUT2D eigenvalue weighted by molar-refractivity contribution is -0.133. The zero-order valence-corrected chi connectivity index (χ0v) is 26.1. The number of piperidine rings is 1. The predicted octanol–water partition coefficient (Wildman–Crippen LogP) is 4.13. The molecule has 1 aromatic heterocycles. The van der Waals surface area contributed by atoms with Crippen LogP contribution in [-0.4, -0.2) is 55.3 Å². The number of thiophene rings is 1. The maximum atomic E-state index is 14.2. The van der Waals surface area contributed by atoms with Gasteiger partial charge in [-0.25, -0.2) is 0 Å². The number of likely N-dealkylation sites (tertiary alicyclic amines) is 1. The van der Waals surface area contributed by atoms with E-state index in [0.29, 0.717) is 75.0 Å². The molecular weight excluding hydrogens is 590 g/mol. The van der Waals surface area contributed by atoms with Crippen molar-refractivity contribution in [2.24, 2.45) is 11.5 Å². The van der Waals surface area contributed by atoms with Gasteiger partial charge in [0.05, 0.1) is 28.6 Å². The molecule has 0 bridgehead atoms. The third kappa shape index (κ3) is 5.46. The standard InChI is InChI=1S/C34H37N5O5S/c1-19-17-22(44-21-8-4-3-5-9-21)10-11-23(19)34(37)24-12-13-25(35)30-27(24)28(29(36)32(34)41)31(45-30)33(42)38-20-7-6-15-39(18-20)26(40)14-16-43-2/h3-5,8-13,17,20,29H,6-7,14-16,18,35-37H2,1-2H3,(H,38,42). The van der Waals surface area contributed by atoms with Crippen LogP contribution in [0.4, 0.5) is 5.69 Å². The molecule has 0 saturated carbocycles. The second kappa shape index (κ2) is 12.2. The molecule has 7 N–H and O–H groups in total. The number of para-hydroxylation sites is 1.